The number of aryl methyl sites for hydroxylation is 2. The van der Waals surface area contributed by atoms with E-state index in [2.05, 4.69) is 10.4 Å². The molecule has 0 spiro atoms. The smallest absolute Gasteiger partial charge is 0.417 e. The highest BCUT2D eigenvalue weighted by Gasteiger charge is 2.70. The highest BCUT2D eigenvalue weighted by molar-refractivity contribution is 6.33. The first-order valence-corrected chi connectivity index (χ1v) is 18.5. The molecule has 2 N–H and O–H groups in total. The number of hydrazine groups is 1. The van der Waals surface area contributed by atoms with Crippen molar-refractivity contribution in [2.45, 2.75) is 50.6 Å². The minimum atomic E-state index is -4.75. The molecule has 4 aliphatic rings. The summed E-state index contributed by atoms with van der Waals surface area (Å²) < 4.78 is 40.4. The number of aromatic hydroxyl groups is 1. The van der Waals surface area contributed by atoms with Gasteiger partial charge in [-0.2, -0.15) is 18.2 Å². The van der Waals surface area contributed by atoms with E-state index in [0.29, 0.717) is 45.2 Å². The number of hydrogen-bond donors (Lipinski definition) is 2. The molecule has 1 saturated carbocycles. The van der Waals surface area contributed by atoms with Crippen LogP contribution in [0.3, 0.4) is 0 Å². The Hall–Kier alpha value is -5.20. The quantitative estimate of drug-likeness (QED) is 0.149. The number of hydrogen-bond acceptors (Lipinski definition) is 7. The number of phenols is 1. The van der Waals surface area contributed by atoms with Gasteiger partial charge in [0.15, 0.2) is 5.82 Å². The van der Waals surface area contributed by atoms with Crippen LogP contribution in [0.1, 0.15) is 53.5 Å². The Labute approximate surface area is 323 Å². The lowest BCUT2D eigenvalue weighted by atomic mass is 9.49. The Morgan fingerprint density at radius 1 is 0.945 bits per heavy atom. The average molecular weight is 790 g/mol. The van der Waals surface area contributed by atoms with Crippen LogP contribution in [0.15, 0.2) is 90.6 Å². The second-order valence-electron chi connectivity index (χ2n) is 14.5. The number of phenolic OH excluding ortho intramolecular Hbond substituents is 1. The molecule has 9 nitrogen and oxygen atoms in total. The first-order valence-electron chi connectivity index (χ1n) is 17.8. The van der Waals surface area contributed by atoms with E-state index in [-0.39, 0.29) is 30.3 Å². The number of nitrogens with zero attached hydrogens (tertiary/aromatic N) is 3. The minimum absolute atomic E-state index is 0.0444. The van der Waals surface area contributed by atoms with Crippen LogP contribution in [-0.2, 0) is 37.2 Å². The molecule has 2 aliphatic heterocycles. The van der Waals surface area contributed by atoms with Crippen LogP contribution in [0.5, 0.6) is 5.75 Å². The van der Waals surface area contributed by atoms with E-state index >= 15 is 4.79 Å². The van der Waals surface area contributed by atoms with Crippen molar-refractivity contribution >= 4 is 58.3 Å². The number of benzene rings is 3. The average Bonchev–Trinajstić information content (AvgIpc) is 3.54. The van der Waals surface area contributed by atoms with Crippen LogP contribution in [0, 0.1) is 30.6 Å². The molecular formula is C41H33Cl2F3N4O5. The van der Waals surface area contributed by atoms with Gasteiger partial charge in [0, 0.05) is 22.7 Å². The summed E-state index contributed by atoms with van der Waals surface area (Å²) in [5.74, 6) is -7.37. The number of rotatable bonds is 6. The Morgan fingerprint density at radius 3 is 2.31 bits per heavy atom. The third-order valence-corrected chi connectivity index (χ3v) is 12.3. The molecule has 14 heteroatoms. The number of pyridine rings is 1. The van der Waals surface area contributed by atoms with Gasteiger partial charge in [0.25, 0.3) is 11.8 Å². The third kappa shape index (κ3) is 5.55. The van der Waals surface area contributed by atoms with Gasteiger partial charge in [0.2, 0.25) is 11.8 Å². The summed E-state index contributed by atoms with van der Waals surface area (Å²) in [6.07, 6.45) is -1.45. The van der Waals surface area contributed by atoms with Crippen LogP contribution in [0.25, 0.3) is 0 Å². The molecular weight excluding hydrogens is 756 g/mol. The molecule has 0 unspecified atom stereocenters. The molecule has 282 valence electrons. The normalized spacial score (nSPS) is 26.2. The topological polar surface area (TPSA) is 120 Å². The molecule has 2 saturated heterocycles. The summed E-state index contributed by atoms with van der Waals surface area (Å²) in [4.78, 5) is 63.8. The number of fused-ring (bicyclic) bond motifs is 4. The number of carbonyl (C=O) groups is 4. The maximum absolute atomic E-state index is 15.3. The van der Waals surface area contributed by atoms with E-state index in [1.165, 1.54) is 4.90 Å². The van der Waals surface area contributed by atoms with E-state index in [1.807, 2.05) is 25.1 Å². The summed E-state index contributed by atoms with van der Waals surface area (Å²) in [7, 11) is 0. The molecule has 2 aliphatic carbocycles. The Kier molecular flexibility index (Phi) is 8.84. The fourth-order valence-electron chi connectivity index (χ4n) is 9.18. The largest absolute Gasteiger partial charge is 0.507 e. The van der Waals surface area contributed by atoms with E-state index in [9.17, 15) is 32.7 Å². The van der Waals surface area contributed by atoms with Crippen molar-refractivity contribution in [1.82, 2.24) is 9.99 Å². The molecule has 3 aromatic carbocycles. The van der Waals surface area contributed by atoms with Gasteiger partial charge in [0.05, 0.1) is 39.4 Å². The highest BCUT2D eigenvalue weighted by Crippen LogP contribution is 2.65. The molecule has 1 aromatic heterocycles. The lowest BCUT2D eigenvalue weighted by Crippen LogP contribution is -2.53. The van der Waals surface area contributed by atoms with E-state index in [4.69, 9.17) is 23.2 Å². The van der Waals surface area contributed by atoms with Crippen molar-refractivity contribution in [1.29, 1.82) is 0 Å². The van der Waals surface area contributed by atoms with Crippen molar-refractivity contribution in [3.05, 3.63) is 129 Å². The SMILES string of the molecule is CCc1ccc(N2C(=O)[C@H]3[C@H](CC=C4[C@H]3C[C@H]3C(=O)N(Nc5ncc(C(F)(F)F)cc5Cl)C(=O)[C@@]3(c3ccc(Cl)cc3)[C@H]4c3cccc(C)c3O)C2=O)cc1. The van der Waals surface area contributed by atoms with Gasteiger partial charge in [-0.05, 0) is 79.1 Å². The van der Waals surface area contributed by atoms with Gasteiger partial charge < -0.3 is 5.11 Å². The number of halogens is 5. The molecule has 55 heavy (non-hydrogen) atoms. The summed E-state index contributed by atoms with van der Waals surface area (Å²) >= 11 is 12.6. The van der Waals surface area contributed by atoms with Crippen LogP contribution < -0.4 is 10.3 Å². The number of allylic oxidation sites excluding steroid dienone is 2. The van der Waals surface area contributed by atoms with Crippen LogP contribution >= 0.6 is 23.2 Å². The summed E-state index contributed by atoms with van der Waals surface area (Å²) in [5, 5.41) is 12.3. The molecule has 0 radical (unpaired) electrons. The first-order chi connectivity index (χ1) is 26.2. The summed E-state index contributed by atoms with van der Waals surface area (Å²) in [5.41, 5.74) is 3.02. The van der Waals surface area contributed by atoms with Crippen molar-refractivity contribution in [3.63, 3.8) is 0 Å². The van der Waals surface area contributed by atoms with Crippen LogP contribution in [0.4, 0.5) is 24.7 Å². The second-order valence-corrected chi connectivity index (χ2v) is 15.3. The number of carbonyl (C=O) groups excluding carboxylic acids is 4. The number of para-hydroxylation sites is 1. The number of aromatic nitrogens is 1. The van der Waals surface area contributed by atoms with Gasteiger partial charge >= 0.3 is 6.18 Å². The van der Waals surface area contributed by atoms with Gasteiger partial charge in [-0.15, -0.1) is 0 Å². The first kappa shape index (κ1) is 36.8. The lowest BCUT2D eigenvalue weighted by Gasteiger charge is -2.50. The van der Waals surface area contributed by atoms with Crippen molar-refractivity contribution < 1.29 is 37.5 Å². The summed E-state index contributed by atoms with van der Waals surface area (Å²) in [6, 6.07) is 19.4. The molecule has 0 bridgehead atoms. The minimum Gasteiger partial charge on any atom is -0.507 e. The Morgan fingerprint density at radius 2 is 1.65 bits per heavy atom. The summed E-state index contributed by atoms with van der Waals surface area (Å²) in [6.45, 7) is 3.70. The maximum Gasteiger partial charge on any atom is 0.417 e. The van der Waals surface area contributed by atoms with Crippen molar-refractivity contribution in [3.8, 4) is 5.75 Å². The van der Waals surface area contributed by atoms with Gasteiger partial charge in [-0.25, -0.2) is 4.98 Å². The van der Waals surface area contributed by atoms with Gasteiger partial charge in [0.1, 0.15) is 5.75 Å². The van der Waals surface area contributed by atoms with E-state index in [1.54, 1.807) is 61.5 Å². The van der Waals surface area contributed by atoms with Crippen LogP contribution in [-0.4, -0.2) is 38.7 Å². The maximum atomic E-state index is 15.3. The second kappa shape index (κ2) is 13.2. The molecule has 4 amide bonds. The number of anilines is 2. The van der Waals surface area contributed by atoms with Crippen LogP contribution in [0.2, 0.25) is 10.0 Å². The van der Waals surface area contributed by atoms with Crippen molar-refractivity contribution in [2.75, 3.05) is 10.3 Å². The number of nitrogens with one attached hydrogen (secondary N) is 1. The highest BCUT2D eigenvalue weighted by atomic mass is 35.5. The fraction of sp³-hybridized carbons (Fsp3) is 0.293. The molecule has 3 fully saturated rings. The monoisotopic (exact) mass is 788 g/mol. The van der Waals surface area contributed by atoms with Gasteiger partial charge in [-0.1, -0.05) is 84.2 Å². The zero-order valence-electron chi connectivity index (χ0n) is 29.4. The molecule has 3 heterocycles. The fourth-order valence-corrected chi connectivity index (χ4v) is 9.51. The molecule has 8 rings (SSSR count). The zero-order valence-corrected chi connectivity index (χ0v) is 30.9. The number of alkyl halides is 3. The van der Waals surface area contributed by atoms with E-state index in [0.717, 1.165) is 17.0 Å². The molecule has 6 atom stereocenters. The number of imide groups is 2. The Balaban J connectivity index is 1.31. The standard InChI is InChI=1S/C41H33Cl2F3N4O5/c1-3-21-7-13-25(14-8-21)49-36(52)27-16-15-26-29(32(27)38(49)54)18-30-37(53)50(48-35-31(43)17-23(19-47-35)41(44,45)46)39(55)40(30,22-9-11-24(42)12-10-22)33(26)28-6-4-5-20(2)34(28)51/h4-15,17,19,27,29-30,32-33,51H,3,16,18H2,1-2H3,(H,47,48)/t27-,29+,30-,32-,33+,40+/m0/s1. The van der Waals surface area contributed by atoms with E-state index < -0.39 is 69.5 Å². The molecule has 4 aromatic rings. The number of amides is 4. The van der Waals surface area contributed by atoms with Crippen molar-refractivity contribution in [2.24, 2.45) is 23.7 Å². The third-order valence-electron chi connectivity index (χ3n) is 11.7. The lowest BCUT2D eigenvalue weighted by molar-refractivity contribution is -0.139. The predicted octanol–water partition coefficient (Wildman–Crippen LogP) is 8.17. The van der Waals surface area contributed by atoms with Gasteiger partial charge in [-0.3, -0.25) is 29.5 Å². The predicted molar refractivity (Wildman–Crippen MR) is 198 cm³/mol. The Bertz CT molecular complexity index is 2320. The zero-order chi connectivity index (χ0) is 39.1.